The van der Waals surface area contributed by atoms with Crippen LogP contribution in [-0.2, 0) is 12.8 Å². The predicted octanol–water partition coefficient (Wildman–Crippen LogP) is 2.61. The van der Waals surface area contributed by atoms with Gasteiger partial charge in [0.2, 0.25) is 0 Å². The third kappa shape index (κ3) is 2.23. The minimum Gasteiger partial charge on any atom is -0.319 e. The third-order valence-electron chi connectivity index (χ3n) is 3.87. The summed E-state index contributed by atoms with van der Waals surface area (Å²) in [6.45, 7) is 0. The molecule has 3 aromatic rings. The van der Waals surface area contributed by atoms with E-state index in [1.165, 1.54) is 6.33 Å². The van der Waals surface area contributed by atoms with Crippen LogP contribution in [0.1, 0.15) is 34.6 Å². The van der Waals surface area contributed by atoms with Gasteiger partial charge in [-0.2, -0.15) is 8.75 Å². The molecule has 1 aliphatic rings. The van der Waals surface area contributed by atoms with E-state index in [0.29, 0.717) is 16.9 Å². The molecule has 2 heterocycles. The molecule has 2 aromatic heterocycles. The Kier molecular flexibility index (Phi) is 3.27. The maximum absolute atomic E-state index is 12.6. The van der Waals surface area contributed by atoms with Crippen molar-refractivity contribution in [1.82, 2.24) is 18.7 Å². The zero-order chi connectivity index (χ0) is 14.9. The van der Waals surface area contributed by atoms with Crippen LogP contribution >= 0.6 is 11.7 Å². The Morgan fingerprint density at radius 2 is 2.05 bits per heavy atom. The highest BCUT2D eigenvalue weighted by Crippen LogP contribution is 2.24. The molecule has 0 fully saturated rings. The second-order valence-corrected chi connectivity index (χ2v) is 5.77. The molecule has 0 unspecified atom stereocenters. The first-order chi connectivity index (χ1) is 10.8. The Hall–Kier alpha value is -2.41. The van der Waals surface area contributed by atoms with Crippen LogP contribution in [-0.4, -0.2) is 24.6 Å². The van der Waals surface area contributed by atoms with Crippen LogP contribution in [0.3, 0.4) is 0 Å². The van der Waals surface area contributed by atoms with E-state index >= 15 is 0 Å². The smallest absolute Gasteiger partial charge is 0.274 e. The highest BCUT2D eigenvalue weighted by molar-refractivity contribution is 7.00. The normalized spacial score (nSPS) is 13.8. The summed E-state index contributed by atoms with van der Waals surface area (Å²) in [4.78, 5) is 21.1. The van der Waals surface area contributed by atoms with E-state index in [4.69, 9.17) is 0 Å². The molecule has 6 nitrogen and oxygen atoms in total. The zero-order valence-corrected chi connectivity index (χ0v) is 12.6. The van der Waals surface area contributed by atoms with Crippen molar-refractivity contribution in [3.8, 4) is 0 Å². The fourth-order valence-corrected chi connectivity index (χ4v) is 3.36. The number of aryl methyl sites for hydroxylation is 1. The second-order valence-electron chi connectivity index (χ2n) is 5.25. The Bertz CT molecular complexity index is 860. The summed E-state index contributed by atoms with van der Waals surface area (Å²) in [5, 5.41) is 2.91. The third-order valence-corrected chi connectivity index (χ3v) is 4.42. The van der Waals surface area contributed by atoms with Crippen LogP contribution in [0, 0.1) is 0 Å². The molecule has 110 valence electrons. The zero-order valence-electron chi connectivity index (χ0n) is 11.7. The number of hydrogen-bond acceptors (Lipinski definition) is 6. The number of hydrogen-bond donors (Lipinski definition) is 1. The molecule has 1 amide bonds. The number of nitrogens with zero attached hydrogens (tertiary/aromatic N) is 4. The number of fused-ring (bicyclic) bond motifs is 2. The van der Waals surface area contributed by atoms with Gasteiger partial charge in [-0.3, -0.25) is 4.79 Å². The van der Waals surface area contributed by atoms with Crippen molar-refractivity contribution in [3.63, 3.8) is 0 Å². The van der Waals surface area contributed by atoms with Crippen molar-refractivity contribution < 1.29 is 4.79 Å². The van der Waals surface area contributed by atoms with Gasteiger partial charge in [0.25, 0.3) is 5.91 Å². The summed E-state index contributed by atoms with van der Waals surface area (Å²) in [6.07, 6.45) is 5.45. The Morgan fingerprint density at radius 1 is 1.14 bits per heavy atom. The van der Waals surface area contributed by atoms with Crippen molar-refractivity contribution in [3.05, 3.63) is 41.5 Å². The maximum atomic E-state index is 12.6. The summed E-state index contributed by atoms with van der Waals surface area (Å²) in [5.74, 6) is -0.207. The molecular formula is C15H13N5OS. The summed E-state index contributed by atoms with van der Waals surface area (Å²) in [7, 11) is 0. The first-order valence-corrected chi connectivity index (χ1v) is 7.91. The largest absolute Gasteiger partial charge is 0.319 e. The van der Waals surface area contributed by atoms with Crippen LogP contribution in [0.4, 0.5) is 5.69 Å². The van der Waals surface area contributed by atoms with E-state index < -0.39 is 0 Å². The fourth-order valence-electron chi connectivity index (χ4n) is 2.81. The van der Waals surface area contributed by atoms with E-state index in [2.05, 4.69) is 24.0 Å². The van der Waals surface area contributed by atoms with Crippen molar-refractivity contribution in [2.24, 2.45) is 0 Å². The van der Waals surface area contributed by atoms with Gasteiger partial charge in [-0.05, 0) is 37.8 Å². The van der Waals surface area contributed by atoms with Gasteiger partial charge in [-0.1, -0.05) is 6.07 Å². The SMILES string of the molecule is O=C(Nc1cccc2nsnc12)c1ncnc2c1CCCC2. The molecule has 1 aromatic carbocycles. The Labute approximate surface area is 131 Å². The molecule has 0 saturated carbocycles. The maximum Gasteiger partial charge on any atom is 0.274 e. The Balaban J connectivity index is 1.70. The highest BCUT2D eigenvalue weighted by Gasteiger charge is 2.20. The lowest BCUT2D eigenvalue weighted by atomic mass is 9.94. The highest BCUT2D eigenvalue weighted by atomic mass is 32.1. The monoisotopic (exact) mass is 311 g/mol. The lowest BCUT2D eigenvalue weighted by Crippen LogP contribution is -2.20. The summed E-state index contributed by atoms with van der Waals surface area (Å²) in [5.41, 5.74) is 4.62. The summed E-state index contributed by atoms with van der Waals surface area (Å²) in [6, 6.07) is 5.56. The number of nitrogens with one attached hydrogen (secondary N) is 1. The van der Waals surface area contributed by atoms with Crippen molar-refractivity contribution >= 4 is 34.4 Å². The van der Waals surface area contributed by atoms with E-state index in [1.54, 1.807) is 0 Å². The van der Waals surface area contributed by atoms with Crippen molar-refractivity contribution in [1.29, 1.82) is 0 Å². The molecule has 0 spiro atoms. The molecule has 22 heavy (non-hydrogen) atoms. The topological polar surface area (TPSA) is 80.7 Å². The van der Waals surface area contributed by atoms with Gasteiger partial charge in [0.05, 0.1) is 17.4 Å². The van der Waals surface area contributed by atoms with E-state index in [-0.39, 0.29) is 5.91 Å². The number of carbonyl (C=O) groups is 1. The molecule has 7 heteroatoms. The lowest BCUT2D eigenvalue weighted by Gasteiger charge is -2.16. The molecule has 0 saturated heterocycles. The lowest BCUT2D eigenvalue weighted by molar-refractivity contribution is 0.102. The first kappa shape index (κ1) is 13.3. The van der Waals surface area contributed by atoms with Gasteiger partial charge >= 0.3 is 0 Å². The summed E-state index contributed by atoms with van der Waals surface area (Å²) < 4.78 is 8.42. The van der Waals surface area contributed by atoms with Gasteiger partial charge < -0.3 is 5.32 Å². The van der Waals surface area contributed by atoms with E-state index in [9.17, 15) is 4.79 Å². The van der Waals surface area contributed by atoms with Gasteiger partial charge in [-0.25, -0.2) is 9.97 Å². The number of aromatic nitrogens is 4. The molecule has 4 rings (SSSR count). The van der Waals surface area contributed by atoms with Gasteiger partial charge in [-0.15, -0.1) is 0 Å². The molecular weight excluding hydrogens is 298 g/mol. The standard InChI is InChI=1S/C15H13N5OS/c21-15(13-9-4-1-2-5-10(9)16-8-17-13)18-11-6-3-7-12-14(11)20-22-19-12/h3,6-8H,1-2,4-5H2,(H,18,21). The number of anilines is 1. The summed E-state index contributed by atoms with van der Waals surface area (Å²) >= 11 is 1.14. The molecule has 1 N–H and O–H groups in total. The molecule has 0 bridgehead atoms. The van der Waals surface area contributed by atoms with Gasteiger partial charge in [0, 0.05) is 11.3 Å². The minimum atomic E-state index is -0.207. The Morgan fingerprint density at radius 3 is 3.00 bits per heavy atom. The van der Waals surface area contributed by atoms with Gasteiger partial charge in [0.15, 0.2) is 0 Å². The van der Waals surface area contributed by atoms with Crippen LogP contribution < -0.4 is 5.32 Å². The fraction of sp³-hybridized carbons (Fsp3) is 0.267. The predicted molar refractivity (Wildman–Crippen MR) is 84.0 cm³/mol. The molecule has 0 aliphatic heterocycles. The molecule has 1 aliphatic carbocycles. The number of rotatable bonds is 2. The number of amides is 1. The number of benzene rings is 1. The molecule has 0 radical (unpaired) electrons. The number of carbonyl (C=O) groups excluding carboxylic acids is 1. The quantitative estimate of drug-likeness (QED) is 0.787. The van der Waals surface area contributed by atoms with Crippen LogP contribution in [0.15, 0.2) is 24.5 Å². The van der Waals surface area contributed by atoms with Crippen LogP contribution in [0.25, 0.3) is 11.0 Å². The molecule has 0 atom stereocenters. The van der Waals surface area contributed by atoms with Crippen molar-refractivity contribution in [2.75, 3.05) is 5.32 Å². The van der Waals surface area contributed by atoms with Crippen molar-refractivity contribution in [2.45, 2.75) is 25.7 Å². The van der Waals surface area contributed by atoms with Crippen LogP contribution in [0.2, 0.25) is 0 Å². The van der Waals surface area contributed by atoms with Crippen LogP contribution in [0.5, 0.6) is 0 Å². The van der Waals surface area contributed by atoms with Gasteiger partial charge in [0.1, 0.15) is 23.1 Å². The average molecular weight is 311 g/mol. The second kappa shape index (κ2) is 5.42. The first-order valence-electron chi connectivity index (χ1n) is 7.18. The minimum absolute atomic E-state index is 0.207. The van der Waals surface area contributed by atoms with E-state index in [0.717, 1.165) is 54.2 Å². The van der Waals surface area contributed by atoms with E-state index in [1.807, 2.05) is 18.2 Å². The average Bonchev–Trinajstić information content (AvgIpc) is 3.04.